The summed E-state index contributed by atoms with van der Waals surface area (Å²) in [5.41, 5.74) is 1.35. The Hall–Kier alpha value is 0. The Morgan fingerprint density at radius 2 is 1.83 bits per heavy atom. The highest BCUT2D eigenvalue weighted by Crippen LogP contribution is 2.77. The molecule has 4 unspecified atom stereocenters. The van der Waals surface area contributed by atoms with Gasteiger partial charge in [-0.1, -0.05) is 41.0 Å². The summed E-state index contributed by atoms with van der Waals surface area (Å²) in [6.07, 6.45) is 2.85. The molecule has 0 spiro atoms. The van der Waals surface area contributed by atoms with Gasteiger partial charge in [0, 0.05) is 0 Å². The van der Waals surface area contributed by atoms with Crippen LogP contribution < -0.4 is 0 Å². The van der Waals surface area contributed by atoms with Gasteiger partial charge in [0.25, 0.3) is 0 Å². The minimum Gasteiger partial charge on any atom is -0.0651 e. The van der Waals surface area contributed by atoms with E-state index in [0.717, 1.165) is 23.2 Å². The van der Waals surface area contributed by atoms with Gasteiger partial charge in [-0.05, 0) is 35.0 Å². The molecule has 0 nitrogen and oxygen atoms in total. The van der Waals surface area contributed by atoms with E-state index >= 15 is 0 Å². The van der Waals surface area contributed by atoms with Crippen LogP contribution in [0.4, 0.5) is 0 Å². The fourth-order valence-electron chi connectivity index (χ4n) is 4.49. The molecule has 2 saturated carbocycles. The average molecular weight is 166 g/mol. The smallest absolute Gasteiger partial charge is 0.0232 e. The quantitative estimate of drug-likeness (QED) is 0.557. The summed E-state index contributed by atoms with van der Waals surface area (Å²) >= 11 is 0. The van der Waals surface area contributed by atoms with E-state index in [9.17, 15) is 0 Å². The summed E-state index contributed by atoms with van der Waals surface area (Å²) in [5.74, 6) is 3.03. The van der Waals surface area contributed by atoms with Crippen molar-refractivity contribution in [2.45, 2.75) is 47.5 Å². The van der Waals surface area contributed by atoms with E-state index < -0.39 is 0 Å². The lowest BCUT2D eigenvalue weighted by atomic mass is 9.81. The first-order valence-electron chi connectivity index (χ1n) is 5.44. The molecule has 4 atom stereocenters. The third-order valence-electron chi connectivity index (χ3n) is 4.94. The zero-order valence-corrected chi connectivity index (χ0v) is 9.15. The maximum Gasteiger partial charge on any atom is -0.0232 e. The van der Waals surface area contributed by atoms with Crippen LogP contribution in [0.2, 0.25) is 0 Å². The number of hydrogen-bond donors (Lipinski definition) is 0. The first-order chi connectivity index (χ1) is 5.44. The molecule has 12 heavy (non-hydrogen) atoms. The van der Waals surface area contributed by atoms with E-state index in [4.69, 9.17) is 0 Å². The van der Waals surface area contributed by atoms with Gasteiger partial charge in [-0.25, -0.2) is 0 Å². The van der Waals surface area contributed by atoms with E-state index in [1.807, 2.05) is 0 Å². The van der Waals surface area contributed by atoms with Crippen LogP contribution in [0, 0.1) is 28.6 Å². The van der Waals surface area contributed by atoms with Crippen molar-refractivity contribution in [3.05, 3.63) is 0 Å². The van der Waals surface area contributed by atoms with Crippen molar-refractivity contribution < 1.29 is 0 Å². The molecule has 2 fully saturated rings. The summed E-state index contributed by atoms with van der Waals surface area (Å²) in [4.78, 5) is 0. The normalized spacial score (nSPS) is 55.2. The van der Waals surface area contributed by atoms with Crippen LogP contribution in [0.25, 0.3) is 0 Å². The van der Waals surface area contributed by atoms with Crippen LogP contribution in [0.5, 0.6) is 0 Å². The average Bonchev–Trinajstić information content (AvgIpc) is 2.51. The Labute approximate surface area is 76.7 Å². The summed E-state index contributed by atoms with van der Waals surface area (Å²) in [6, 6.07) is 0. The molecule has 0 bridgehead atoms. The Morgan fingerprint density at radius 1 is 1.25 bits per heavy atom. The molecular weight excluding hydrogens is 144 g/mol. The molecule has 2 aliphatic carbocycles. The first kappa shape index (κ1) is 8.59. The minimum atomic E-state index is 0.634. The summed E-state index contributed by atoms with van der Waals surface area (Å²) < 4.78 is 0. The SMILES string of the molecule is CCC1C2C(C)(C)CC(C)C12C. The maximum atomic E-state index is 2.52. The van der Waals surface area contributed by atoms with Crippen LogP contribution in [-0.4, -0.2) is 0 Å². The van der Waals surface area contributed by atoms with Gasteiger partial charge in [0.2, 0.25) is 0 Å². The minimum absolute atomic E-state index is 0.634. The molecule has 70 valence electrons. The Morgan fingerprint density at radius 3 is 2.08 bits per heavy atom. The predicted molar refractivity (Wildman–Crippen MR) is 52.9 cm³/mol. The molecule has 0 aromatic heterocycles. The van der Waals surface area contributed by atoms with Crippen molar-refractivity contribution in [2.24, 2.45) is 28.6 Å². The number of fused-ring (bicyclic) bond motifs is 1. The Kier molecular flexibility index (Phi) is 1.49. The lowest BCUT2D eigenvalue weighted by molar-refractivity contribution is 0.259. The molecule has 2 aliphatic rings. The van der Waals surface area contributed by atoms with Crippen molar-refractivity contribution in [1.29, 1.82) is 0 Å². The zero-order valence-electron chi connectivity index (χ0n) is 9.15. The second-order valence-electron chi connectivity index (χ2n) is 5.95. The van der Waals surface area contributed by atoms with Gasteiger partial charge < -0.3 is 0 Å². The second kappa shape index (κ2) is 2.08. The highest BCUT2D eigenvalue weighted by atomic mass is 14.8. The summed E-state index contributed by atoms with van der Waals surface area (Å²) in [7, 11) is 0. The molecule has 2 rings (SSSR count). The van der Waals surface area contributed by atoms with Gasteiger partial charge in [0.1, 0.15) is 0 Å². The van der Waals surface area contributed by atoms with E-state index in [1.54, 1.807) is 0 Å². The van der Waals surface area contributed by atoms with Crippen molar-refractivity contribution in [3.63, 3.8) is 0 Å². The van der Waals surface area contributed by atoms with Gasteiger partial charge in [0.05, 0.1) is 0 Å². The third-order valence-corrected chi connectivity index (χ3v) is 4.94. The van der Waals surface area contributed by atoms with Crippen molar-refractivity contribution in [2.75, 3.05) is 0 Å². The standard InChI is InChI=1S/C12H22/c1-6-9-10-11(3,4)7-8(2)12(9,10)5/h8-10H,6-7H2,1-5H3. The van der Waals surface area contributed by atoms with Crippen LogP contribution in [0.15, 0.2) is 0 Å². The number of hydrogen-bond acceptors (Lipinski definition) is 0. The van der Waals surface area contributed by atoms with Crippen LogP contribution >= 0.6 is 0 Å². The van der Waals surface area contributed by atoms with Crippen LogP contribution in [-0.2, 0) is 0 Å². The molecule has 0 aliphatic heterocycles. The molecule has 0 aromatic rings. The van der Waals surface area contributed by atoms with Gasteiger partial charge in [-0.3, -0.25) is 0 Å². The maximum absolute atomic E-state index is 2.52. The topological polar surface area (TPSA) is 0 Å². The van der Waals surface area contributed by atoms with E-state index in [2.05, 4.69) is 34.6 Å². The Balaban J connectivity index is 2.25. The fourth-order valence-corrected chi connectivity index (χ4v) is 4.49. The van der Waals surface area contributed by atoms with Crippen molar-refractivity contribution in [1.82, 2.24) is 0 Å². The van der Waals surface area contributed by atoms with Gasteiger partial charge in [0.15, 0.2) is 0 Å². The van der Waals surface area contributed by atoms with Crippen LogP contribution in [0.3, 0.4) is 0 Å². The van der Waals surface area contributed by atoms with Gasteiger partial charge in [-0.15, -0.1) is 0 Å². The third kappa shape index (κ3) is 0.744. The predicted octanol–water partition coefficient (Wildman–Crippen LogP) is 3.71. The second-order valence-corrected chi connectivity index (χ2v) is 5.95. The molecule has 0 amide bonds. The zero-order chi connectivity index (χ0) is 9.15. The highest BCUT2D eigenvalue weighted by molar-refractivity contribution is 5.19. The lowest BCUT2D eigenvalue weighted by Gasteiger charge is -2.24. The first-order valence-corrected chi connectivity index (χ1v) is 5.44. The highest BCUT2D eigenvalue weighted by Gasteiger charge is 2.71. The number of rotatable bonds is 1. The molecule has 0 N–H and O–H groups in total. The van der Waals surface area contributed by atoms with Crippen molar-refractivity contribution >= 4 is 0 Å². The van der Waals surface area contributed by atoms with Gasteiger partial charge >= 0.3 is 0 Å². The van der Waals surface area contributed by atoms with Crippen LogP contribution in [0.1, 0.15) is 47.5 Å². The molecule has 0 heteroatoms. The summed E-state index contributed by atoms with van der Waals surface area (Å²) in [6.45, 7) is 12.3. The lowest BCUT2D eigenvalue weighted by Crippen LogP contribution is -2.15. The van der Waals surface area contributed by atoms with E-state index in [1.165, 1.54) is 12.8 Å². The van der Waals surface area contributed by atoms with Crippen molar-refractivity contribution in [3.8, 4) is 0 Å². The van der Waals surface area contributed by atoms with E-state index in [-0.39, 0.29) is 0 Å². The summed E-state index contributed by atoms with van der Waals surface area (Å²) in [5, 5.41) is 0. The Bertz CT molecular complexity index is 204. The molecule has 0 radical (unpaired) electrons. The molecule has 0 heterocycles. The van der Waals surface area contributed by atoms with Gasteiger partial charge in [-0.2, -0.15) is 0 Å². The van der Waals surface area contributed by atoms with E-state index in [0.29, 0.717) is 5.41 Å². The molecular formula is C12H22. The molecule has 0 saturated heterocycles. The molecule has 0 aromatic carbocycles. The fraction of sp³-hybridized carbons (Fsp3) is 1.00. The largest absolute Gasteiger partial charge is 0.0651 e. The monoisotopic (exact) mass is 166 g/mol.